The second kappa shape index (κ2) is 3.74. The van der Waals surface area contributed by atoms with Gasteiger partial charge < -0.3 is 0 Å². The Morgan fingerprint density at radius 1 is 1.00 bits per heavy atom. The molecule has 0 radical (unpaired) electrons. The molecule has 0 aliphatic rings. The molecule has 0 saturated carbocycles. The van der Waals surface area contributed by atoms with Crippen LogP contribution >= 0.6 is 38.6 Å². The maximum atomic E-state index is 3.50. The first-order valence-corrected chi connectivity index (χ1v) is 7.05. The van der Waals surface area contributed by atoms with E-state index in [1.54, 1.807) is 11.3 Å². The van der Waals surface area contributed by atoms with Gasteiger partial charge in [0.2, 0.25) is 0 Å². The summed E-state index contributed by atoms with van der Waals surface area (Å²) in [5.74, 6) is 0. The third-order valence-corrected chi connectivity index (χ3v) is 4.90. The van der Waals surface area contributed by atoms with Gasteiger partial charge in [0.05, 0.1) is 0 Å². The Hall–Kier alpha value is -0.640. The van der Waals surface area contributed by atoms with Crippen molar-refractivity contribution in [3.8, 4) is 9.75 Å². The van der Waals surface area contributed by atoms with Gasteiger partial charge in [0.15, 0.2) is 0 Å². The molecule has 0 N–H and O–H groups in total. The molecule has 0 amide bonds. The van der Waals surface area contributed by atoms with Crippen molar-refractivity contribution in [2.24, 2.45) is 0 Å². The molecule has 3 rings (SSSR count). The summed E-state index contributed by atoms with van der Waals surface area (Å²) in [7, 11) is 0. The van der Waals surface area contributed by atoms with Gasteiger partial charge in [-0.3, -0.25) is 0 Å². The molecule has 0 nitrogen and oxygen atoms in total. The number of hydrogen-bond donors (Lipinski definition) is 0. The van der Waals surface area contributed by atoms with Crippen molar-refractivity contribution in [3.63, 3.8) is 0 Å². The van der Waals surface area contributed by atoms with E-state index >= 15 is 0 Å². The van der Waals surface area contributed by atoms with Crippen LogP contribution in [0.1, 0.15) is 0 Å². The highest BCUT2D eigenvalue weighted by atomic mass is 79.9. The van der Waals surface area contributed by atoms with Crippen LogP contribution in [-0.2, 0) is 0 Å². The SMILES string of the molecule is Brc1ccc2cc(-c3cccs3)sc2c1. The van der Waals surface area contributed by atoms with Crippen LogP contribution in [0.15, 0.2) is 46.3 Å². The minimum Gasteiger partial charge on any atom is -0.143 e. The summed E-state index contributed by atoms with van der Waals surface area (Å²) in [6, 6.07) is 13.0. The lowest BCUT2D eigenvalue weighted by Crippen LogP contribution is -1.62. The Morgan fingerprint density at radius 2 is 1.93 bits per heavy atom. The van der Waals surface area contributed by atoms with Crippen LogP contribution in [0.4, 0.5) is 0 Å². The largest absolute Gasteiger partial charge is 0.143 e. The molecule has 2 aromatic heterocycles. The number of fused-ring (bicyclic) bond motifs is 1. The predicted octanol–water partition coefficient (Wildman–Crippen LogP) is 5.39. The number of rotatable bonds is 1. The van der Waals surface area contributed by atoms with Crippen LogP contribution in [0.5, 0.6) is 0 Å². The molecule has 0 aliphatic heterocycles. The highest BCUT2D eigenvalue weighted by molar-refractivity contribution is 9.10. The van der Waals surface area contributed by atoms with Gasteiger partial charge in [-0.05, 0) is 35.0 Å². The molecule has 0 saturated heterocycles. The first-order valence-electron chi connectivity index (χ1n) is 4.56. The number of benzene rings is 1. The quantitative estimate of drug-likeness (QED) is 0.564. The van der Waals surface area contributed by atoms with E-state index in [0.29, 0.717) is 0 Å². The molecular formula is C12H7BrS2. The van der Waals surface area contributed by atoms with Crippen LogP contribution in [0.3, 0.4) is 0 Å². The zero-order chi connectivity index (χ0) is 10.3. The molecular weight excluding hydrogens is 288 g/mol. The summed E-state index contributed by atoms with van der Waals surface area (Å²) in [6.07, 6.45) is 0. The average Bonchev–Trinajstić information content (AvgIpc) is 2.84. The molecule has 3 aromatic rings. The standard InChI is InChI=1S/C12H7BrS2/c13-9-4-3-8-6-12(15-11(8)7-9)10-2-1-5-14-10/h1-7H. The Labute approximate surface area is 104 Å². The Balaban J connectivity index is 2.22. The fourth-order valence-corrected chi connectivity index (χ4v) is 3.99. The molecule has 0 spiro atoms. The number of thiophene rings is 2. The van der Waals surface area contributed by atoms with E-state index < -0.39 is 0 Å². The summed E-state index contributed by atoms with van der Waals surface area (Å²) in [6.45, 7) is 0. The molecule has 15 heavy (non-hydrogen) atoms. The summed E-state index contributed by atoms with van der Waals surface area (Å²) < 4.78 is 2.49. The predicted molar refractivity (Wildman–Crippen MR) is 72.8 cm³/mol. The van der Waals surface area contributed by atoms with Crippen molar-refractivity contribution in [1.29, 1.82) is 0 Å². The van der Waals surface area contributed by atoms with Crippen molar-refractivity contribution in [2.45, 2.75) is 0 Å². The van der Waals surface area contributed by atoms with Crippen molar-refractivity contribution in [1.82, 2.24) is 0 Å². The second-order valence-electron chi connectivity index (χ2n) is 3.27. The van der Waals surface area contributed by atoms with Crippen LogP contribution in [0.25, 0.3) is 19.8 Å². The molecule has 74 valence electrons. The third kappa shape index (κ3) is 1.75. The van der Waals surface area contributed by atoms with Crippen molar-refractivity contribution in [2.75, 3.05) is 0 Å². The van der Waals surface area contributed by atoms with Crippen molar-refractivity contribution >= 4 is 48.7 Å². The van der Waals surface area contributed by atoms with Gasteiger partial charge in [-0.1, -0.05) is 28.1 Å². The summed E-state index contributed by atoms with van der Waals surface area (Å²) >= 11 is 7.14. The molecule has 3 heteroatoms. The van der Waals surface area contributed by atoms with Gasteiger partial charge in [0, 0.05) is 18.9 Å². The zero-order valence-electron chi connectivity index (χ0n) is 7.74. The summed E-state index contributed by atoms with van der Waals surface area (Å²) in [4.78, 5) is 2.71. The maximum absolute atomic E-state index is 3.50. The number of halogens is 1. The summed E-state index contributed by atoms with van der Waals surface area (Å²) in [5, 5.41) is 3.45. The lowest BCUT2D eigenvalue weighted by atomic mass is 10.2. The molecule has 0 atom stereocenters. The van der Waals surface area contributed by atoms with Gasteiger partial charge in [-0.15, -0.1) is 22.7 Å². The maximum Gasteiger partial charge on any atom is 0.0455 e. The minimum absolute atomic E-state index is 1.15. The lowest BCUT2D eigenvalue weighted by molar-refractivity contribution is 1.77. The fraction of sp³-hybridized carbons (Fsp3) is 0. The van der Waals surface area contributed by atoms with Gasteiger partial charge in [-0.25, -0.2) is 0 Å². The molecule has 1 aromatic carbocycles. The zero-order valence-corrected chi connectivity index (χ0v) is 11.0. The topological polar surface area (TPSA) is 0 Å². The van der Waals surface area contributed by atoms with Crippen LogP contribution in [-0.4, -0.2) is 0 Å². The monoisotopic (exact) mass is 294 g/mol. The van der Waals surface area contributed by atoms with Gasteiger partial charge in [-0.2, -0.15) is 0 Å². The normalized spacial score (nSPS) is 11.0. The molecule has 2 heterocycles. The minimum atomic E-state index is 1.15. The molecule has 0 bridgehead atoms. The van der Waals surface area contributed by atoms with Gasteiger partial charge >= 0.3 is 0 Å². The lowest BCUT2D eigenvalue weighted by Gasteiger charge is -1.88. The first-order chi connectivity index (χ1) is 7.33. The van der Waals surface area contributed by atoms with E-state index in [1.807, 2.05) is 11.3 Å². The van der Waals surface area contributed by atoms with E-state index in [-0.39, 0.29) is 0 Å². The van der Waals surface area contributed by atoms with Crippen molar-refractivity contribution < 1.29 is 0 Å². The van der Waals surface area contributed by atoms with Gasteiger partial charge in [0.25, 0.3) is 0 Å². The van der Waals surface area contributed by atoms with Gasteiger partial charge in [0.1, 0.15) is 0 Å². The third-order valence-electron chi connectivity index (χ3n) is 2.25. The van der Waals surface area contributed by atoms with E-state index in [2.05, 4.69) is 57.7 Å². The first kappa shape index (κ1) is 9.58. The fourth-order valence-electron chi connectivity index (χ4n) is 1.55. The Morgan fingerprint density at radius 3 is 2.73 bits per heavy atom. The van der Waals surface area contributed by atoms with E-state index in [1.165, 1.54) is 19.8 Å². The number of hydrogen-bond acceptors (Lipinski definition) is 2. The molecule has 0 fully saturated rings. The molecule has 0 aliphatic carbocycles. The van der Waals surface area contributed by atoms with E-state index in [9.17, 15) is 0 Å². The van der Waals surface area contributed by atoms with E-state index in [4.69, 9.17) is 0 Å². The molecule has 0 unspecified atom stereocenters. The highest BCUT2D eigenvalue weighted by Crippen LogP contribution is 2.36. The Kier molecular flexibility index (Phi) is 2.39. The average molecular weight is 295 g/mol. The van der Waals surface area contributed by atoms with Crippen LogP contribution in [0.2, 0.25) is 0 Å². The van der Waals surface area contributed by atoms with Crippen LogP contribution in [0, 0.1) is 0 Å². The smallest absolute Gasteiger partial charge is 0.0455 e. The van der Waals surface area contributed by atoms with Crippen molar-refractivity contribution in [3.05, 3.63) is 46.3 Å². The van der Waals surface area contributed by atoms with E-state index in [0.717, 1.165) is 4.47 Å². The highest BCUT2D eigenvalue weighted by Gasteiger charge is 2.04. The summed E-state index contributed by atoms with van der Waals surface area (Å²) in [5.41, 5.74) is 0. The Bertz CT molecular complexity index is 593. The van der Waals surface area contributed by atoms with Crippen LogP contribution < -0.4 is 0 Å². The second-order valence-corrected chi connectivity index (χ2v) is 6.22.